The number of halogens is 1. The summed E-state index contributed by atoms with van der Waals surface area (Å²) in [6.07, 6.45) is 6.40. The standard InChI is InChI=1S/C21H31ClN9O7P/c1-35-11-21(39(32,33)34,12-36-10-16-27-29-30-28-16)37-9-14-6-7-17(38-14)31-19-15(8-23-31)18(25-20(22)26-19)24-13-4-2-3-5-13/h8,13-14,17H,2-7,9-12H2,1H3,(H,24,25,26)(H2,32,33,34)(H,27,28,29,30)/t14-,17+,21-/m0/s1. The van der Waals surface area contributed by atoms with Gasteiger partial charge >= 0.3 is 7.60 Å². The van der Waals surface area contributed by atoms with Gasteiger partial charge in [-0.05, 0) is 37.3 Å². The van der Waals surface area contributed by atoms with Gasteiger partial charge in [0.2, 0.25) is 10.6 Å². The predicted molar refractivity (Wildman–Crippen MR) is 136 cm³/mol. The van der Waals surface area contributed by atoms with Gasteiger partial charge in [0, 0.05) is 13.2 Å². The number of nitrogens with zero attached hydrogens (tertiary/aromatic N) is 7. The van der Waals surface area contributed by atoms with Crippen molar-refractivity contribution in [3.8, 4) is 0 Å². The number of tetrazole rings is 1. The minimum Gasteiger partial charge on any atom is -0.381 e. The molecule has 0 radical (unpaired) electrons. The molecule has 3 atom stereocenters. The zero-order valence-corrected chi connectivity index (χ0v) is 22.9. The average Bonchev–Trinajstić information content (AvgIpc) is 3.69. The number of aromatic amines is 1. The lowest BCUT2D eigenvalue weighted by molar-refractivity contribution is -0.126. The molecule has 16 nitrogen and oxygen atoms in total. The maximum Gasteiger partial charge on any atom is 0.361 e. The van der Waals surface area contributed by atoms with Crippen LogP contribution in [-0.4, -0.2) is 94.6 Å². The van der Waals surface area contributed by atoms with Gasteiger partial charge < -0.3 is 34.1 Å². The molecule has 3 aromatic heterocycles. The molecule has 2 fully saturated rings. The van der Waals surface area contributed by atoms with E-state index in [1.165, 1.54) is 20.0 Å². The highest BCUT2D eigenvalue weighted by Crippen LogP contribution is 2.52. The third-order valence-electron chi connectivity index (χ3n) is 6.87. The van der Waals surface area contributed by atoms with E-state index < -0.39 is 38.5 Å². The predicted octanol–water partition coefficient (Wildman–Crippen LogP) is 1.78. The SMILES string of the molecule is COC[C@](COCc1nn[nH]n1)(OC[C@@H]1CC[C@H](n2ncc3c(NC4CCCC4)nc(Cl)nc32)O1)P(=O)(O)O. The summed E-state index contributed by atoms with van der Waals surface area (Å²) in [5.41, 5.74) is 0.542. The lowest BCUT2D eigenvalue weighted by Gasteiger charge is -2.34. The van der Waals surface area contributed by atoms with E-state index in [0.717, 1.165) is 18.2 Å². The van der Waals surface area contributed by atoms with E-state index in [1.54, 1.807) is 10.9 Å². The second-order valence-corrected chi connectivity index (χ2v) is 11.9. The lowest BCUT2D eigenvalue weighted by Crippen LogP contribution is -2.44. The number of methoxy groups -OCH3 is 1. The van der Waals surface area contributed by atoms with E-state index in [0.29, 0.717) is 30.3 Å². The lowest BCUT2D eigenvalue weighted by atomic mass is 10.2. The van der Waals surface area contributed by atoms with E-state index in [1.807, 2.05) is 0 Å². The molecule has 0 bridgehead atoms. The Morgan fingerprint density at radius 3 is 2.79 bits per heavy atom. The Labute approximate surface area is 228 Å². The van der Waals surface area contributed by atoms with Crippen LogP contribution >= 0.6 is 19.2 Å². The quantitative estimate of drug-likeness (QED) is 0.166. The Hall–Kier alpha value is -2.30. The molecule has 39 heavy (non-hydrogen) atoms. The number of ether oxygens (including phenoxy) is 4. The molecular weight excluding hydrogens is 557 g/mol. The minimum absolute atomic E-state index is 0.106. The van der Waals surface area contributed by atoms with Gasteiger partial charge in [-0.2, -0.15) is 20.3 Å². The summed E-state index contributed by atoms with van der Waals surface area (Å²) in [5, 5.41) is 20.0. The van der Waals surface area contributed by atoms with Gasteiger partial charge in [0.1, 0.15) is 12.4 Å². The highest BCUT2D eigenvalue weighted by Gasteiger charge is 2.50. The van der Waals surface area contributed by atoms with Gasteiger partial charge in [-0.25, -0.2) is 4.68 Å². The van der Waals surface area contributed by atoms with E-state index in [2.05, 4.69) is 41.0 Å². The van der Waals surface area contributed by atoms with Crippen molar-refractivity contribution in [2.24, 2.45) is 0 Å². The molecule has 1 aliphatic heterocycles. The van der Waals surface area contributed by atoms with Gasteiger partial charge in [-0.15, -0.1) is 10.2 Å². The van der Waals surface area contributed by atoms with Crippen LogP contribution < -0.4 is 5.32 Å². The summed E-state index contributed by atoms with van der Waals surface area (Å²) in [6, 6.07) is 0.337. The number of aromatic nitrogens is 8. The number of anilines is 1. The van der Waals surface area contributed by atoms with Gasteiger partial charge in [-0.3, -0.25) is 4.57 Å². The first-order valence-electron chi connectivity index (χ1n) is 12.6. The Bertz CT molecular complexity index is 1290. The van der Waals surface area contributed by atoms with Crippen molar-refractivity contribution >= 4 is 36.0 Å². The first-order valence-corrected chi connectivity index (χ1v) is 14.6. The number of hydrogen-bond acceptors (Lipinski definition) is 12. The smallest absolute Gasteiger partial charge is 0.361 e. The van der Waals surface area contributed by atoms with Gasteiger partial charge in [0.15, 0.2) is 17.7 Å². The molecule has 4 heterocycles. The maximum absolute atomic E-state index is 12.5. The normalized spacial score (nSPS) is 22.1. The Morgan fingerprint density at radius 2 is 2.08 bits per heavy atom. The molecule has 0 aromatic carbocycles. The fourth-order valence-electron chi connectivity index (χ4n) is 4.87. The van der Waals surface area contributed by atoms with Crippen LogP contribution in [0, 0.1) is 0 Å². The monoisotopic (exact) mass is 587 g/mol. The van der Waals surface area contributed by atoms with Crippen molar-refractivity contribution < 1.29 is 33.3 Å². The summed E-state index contributed by atoms with van der Waals surface area (Å²) in [6.45, 7) is -1.11. The molecule has 2 aliphatic rings. The van der Waals surface area contributed by atoms with Crippen molar-refractivity contribution in [3.05, 3.63) is 17.3 Å². The first kappa shape index (κ1) is 28.2. The molecule has 214 valence electrons. The number of nitrogens with one attached hydrogen (secondary N) is 2. The molecular formula is C21H31ClN9O7P. The van der Waals surface area contributed by atoms with Crippen LogP contribution in [0.4, 0.5) is 5.82 Å². The van der Waals surface area contributed by atoms with E-state index >= 15 is 0 Å². The van der Waals surface area contributed by atoms with Crippen LogP contribution in [0.2, 0.25) is 5.28 Å². The highest BCUT2D eigenvalue weighted by atomic mass is 35.5. The zero-order chi connectivity index (χ0) is 27.5. The van der Waals surface area contributed by atoms with Gasteiger partial charge in [0.25, 0.3) is 0 Å². The van der Waals surface area contributed by atoms with Crippen molar-refractivity contribution in [2.75, 3.05) is 32.2 Å². The largest absolute Gasteiger partial charge is 0.381 e. The second kappa shape index (κ2) is 12.1. The van der Waals surface area contributed by atoms with Crippen LogP contribution in [0.15, 0.2) is 6.20 Å². The number of fused-ring (bicyclic) bond motifs is 1. The summed E-state index contributed by atoms with van der Waals surface area (Å²) in [5.74, 6) is 0.874. The molecule has 0 unspecified atom stereocenters. The third-order valence-corrected chi connectivity index (χ3v) is 8.49. The van der Waals surface area contributed by atoms with Gasteiger partial charge in [-0.1, -0.05) is 18.1 Å². The molecule has 1 saturated carbocycles. The van der Waals surface area contributed by atoms with E-state index in [4.69, 9.17) is 30.5 Å². The van der Waals surface area contributed by atoms with E-state index in [9.17, 15) is 14.4 Å². The second-order valence-electron chi connectivity index (χ2n) is 9.64. The first-order chi connectivity index (χ1) is 18.8. The average molecular weight is 588 g/mol. The molecule has 1 aliphatic carbocycles. The summed E-state index contributed by atoms with van der Waals surface area (Å²) < 4.78 is 36.7. The number of H-pyrrole nitrogens is 1. The number of rotatable bonds is 13. The Kier molecular flexibility index (Phi) is 8.73. The Morgan fingerprint density at radius 1 is 1.26 bits per heavy atom. The molecule has 1 saturated heterocycles. The van der Waals surface area contributed by atoms with Crippen molar-refractivity contribution in [2.45, 2.75) is 68.8 Å². The highest BCUT2D eigenvalue weighted by molar-refractivity contribution is 7.53. The molecule has 3 aromatic rings. The molecule has 5 rings (SSSR count). The van der Waals surface area contributed by atoms with Crippen LogP contribution in [0.5, 0.6) is 0 Å². The molecule has 18 heteroatoms. The third kappa shape index (κ3) is 6.38. The van der Waals surface area contributed by atoms with Gasteiger partial charge in [0.05, 0.1) is 37.5 Å². The molecule has 0 amide bonds. The van der Waals surface area contributed by atoms with Crippen LogP contribution in [0.25, 0.3) is 11.0 Å². The van der Waals surface area contributed by atoms with Crippen molar-refractivity contribution in [1.82, 2.24) is 40.4 Å². The van der Waals surface area contributed by atoms with Crippen LogP contribution in [-0.2, 0) is 30.1 Å². The summed E-state index contributed by atoms with van der Waals surface area (Å²) >= 11 is 6.25. The summed E-state index contributed by atoms with van der Waals surface area (Å²) in [7, 11) is -3.53. The number of hydrogen-bond donors (Lipinski definition) is 4. The van der Waals surface area contributed by atoms with Crippen molar-refractivity contribution in [1.29, 1.82) is 0 Å². The Balaban J connectivity index is 1.25. The zero-order valence-electron chi connectivity index (χ0n) is 21.3. The van der Waals surface area contributed by atoms with Crippen LogP contribution in [0.1, 0.15) is 50.6 Å². The molecule has 4 N–H and O–H groups in total. The fraction of sp³-hybridized carbons (Fsp3) is 0.714. The molecule has 0 spiro atoms. The van der Waals surface area contributed by atoms with E-state index in [-0.39, 0.29) is 24.3 Å². The topological polar surface area (TPSA) is 205 Å². The van der Waals surface area contributed by atoms with Crippen LogP contribution in [0.3, 0.4) is 0 Å². The minimum atomic E-state index is -4.85. The maximum atomic E-state index is 12.5. The fourth-order valence-corrected chi connectivity index (χ4v) is 5.83. The summed E-state index contributed by atoms with van der Waals surface area (Å²) in [4.78, 5) is 29.1. The van der Waals surface area contributed by atoms with Crippen molar-refractivity contribution in [3.63, 3.8) is 0 Å².